The molecule has 2 rings (SSSR count). The zero-order valence-electron chi connectivity index (χ0n) is 9.97. The molecule has 0 aliphatic carbocycles. The van der Waals surface area contributed by atoms with Crippen LogP contribution >= 0.6 is 25.5 Å². The zero-order valence-corrected chi connectivity index (χ0v) is 12.9. The predicted octanol–water partition coefficient (Wildman–Crippen LogP) is 3.63. The Balaban J connectivity index is 0.000000225. The van der Waals surface area contributed by atoms with Gasteiger partial charge in [0.2, 0.25) is 0 Å². The van der Waals surface area contributed by atoms with Crippen molar-refractivity contribution in [2.24, 2.45) is 0 Å². The maximum absolute atomic E-state index is 9.25. The van der Waals surface area contributed by atoms with Gasteiger partial charge in [-0.05, 0) is 24.1 Å². The molecule has 2 aromatic rings. The summed E-state index contributed by atoms with van der Waals surface area (Å²) < 4.78 is 15.0. The van der Waals surface area contributed by atoms with Gasteiger partial charge >= 0.3 is 0 Å². The Kier molecular flexibility index (Phi) is 7.36. The number of allylic oxidation sites excluding steroid dienone is 1. The van der Waals surface area contributed by atoms with Gasteiger partial charge in [-0.2, -0.15) is 4.51 Å². The van der Waals surface area contributed by atoms with Crippen LogP contribution in [0.1, 0.15) is 5.56 Å². The van der Waals surface area contributed by atoms with Crippen LogP contribution in [0.15, 0.2) is 30.9 Å². The van der Waals surface area contributed by atoms with Crippen LogP contribution in [0, 0.1) is 0 Å². The van der Waals surface area contributed by atoms with Crippen LogP contribution in [-0.4, -0.2) is 25.7 Å². The number of phenols is 1. The summed E-state index contributed by atoms with van der Waals surface area (Å²) in [5, 5.41) is 9.25. The standard InChI is InChI=1S/C10H12O2.H4N3P3/c1-3-4-8-5-6-9(11)10(7-8)12-2;1-4-2-6-3-5-1/h3,5-7,11H,1,4H2,2H3;1,4-5H,(H,2,3). The van der Waals surface area contributed by atoms with E-state index in [0.29, 0.717) is 22.8 Å². The average Bonchev–Trinajstić information content (AvgIpc) is 2.44. The van der Waals surface area contributed by atoms with E-state index in [4.69, 9.17) is 4.74 Å². The molecule has 1 aromatic heterocycles. The van der Waals surface area contributed by atoms with Gasteiger partial charge in [0.1, 0.15) is 8.51 Å². The number of phenolic OH excluding ortho intramolecular Hbond substituents is 1. The van der Waals surface area contributed by atoms with Gasteiger partial charge < -0.3 is 18.9 Å². The van der Waals surface area contributed by atoms with Crippen LogP contribution in [0.4, 0.5) is 0 Å². The molecule has 0 bridgehead atoms. The number of hydrogen-bond donors (Lipinski definition) is 3. The molecule has 1 heterocycles. The van der Waals surface area contributed by atoms with Crippen molar-refractivity contribution in [2.75, 3.05) is 7.11 Å². The quantitative estimate of drug-likeness (QED) is 0.758. The Morgan fingerprint density at radius 3 is 2.89 bits per heavy atom. The Morgan fingerprint density at radius 1 is 1.61 bits per heavy atom. The molecule has 0 fully saturated rings. The topological polar surface area (TPSA) is 73.9 Å². The van der Waals surface area contributed by atoms with Gasteiger partial charge in [-0.3, -0.25) is 0 Å². The number of ether oxygens (including phenoxy) is 1. The Bertz CT molecular complexity index is 458. The Morgan fingerprint density at radius 2 is 2.44 bits per heavy atom. The van der Waals surface area contributed by atoms with Crippen molar-refractivity contribution in [3.05, 3.63) is 36.4 Å². The van der Waals surface area contributed by atoms with E-state index in [-0.39, 0.29) is 5.75 Å². The number of aromatic hydroxyl groups is 1. The second-order valence-electron chi connectivity index (χ2n) is 3.17. The lowest BCUT2D eigenvalue weighted by Crippen LogP contribution is -1.86. The van der Waals surface area contributed by atoms with Crippen molar-refractivity contribution >= 4 is 25.5 Å². The molecule has 0 aliphatic heterocycles. The lowest BCUT2D eigenvalue weighted by atomic mass is 10.1. The van der Waals surface area contributed by atoms with Gasteiger partial charge in [-0.15, -0.1) is 6.58 Å². The number of nitrogens with one attached hydrogen (secondary N) is 2. The normalized spacial score (nSPS) is 10.3. The maximum atomic E-state index is 9.25. The molecule has 18 heavy (non-hydrogen) atoms. The molecular weight excluding hydrogens is 287 g/mol. The number of nitrogens with zero attached hydrogens (tertiary/aromatic N) is 1. The van der Waals surface area contributed by atoms with Crippen LogP contribution in [-0.2, 0) is 6.42 Å². The molecule has 98 valence electrons. The summed E-state index contributed by atoms with van der Waals surface area (Å²) in [5.74, 6) is 0.680. The fourth-order valence-corrected chi connectivity index (χ4v) is 3.82. The van der Waals surface area contributed by atoms with E-state index in [1.54, 1.807) is 12.1 Å². The fraction of sp³-hybridized carbons (Fsp3) is 0.200. The van der Waals surface area contributed by atoms with Crippen LogP contribution in [0.25, 0.3) is 0 Å². The molecule has 0 saturated heterocycles. The molecule has 8 heteroatoms. The average molecular weight is 303 g/mol. The number of rotatable bonds is 3. The monoisotopic (exact) mass is 303 g/mol. The van der Waals surface area contributed by atoms with Gasteiger partial charge in [0.25, 0.3) is 0 Å². The lowest BCUT2D eigenvalue weighted by Gasteiger charge is -2.04. The highest BCUT2D eigenvalue weighted by Crippen LogP contribution is 2.26. The van der Waals surface area contributed by atoms with Crippen LogP contribution in [0.5, 0.6) is 11.5 Å². The number of H-pyrrole nitrogens is 2. The third kappa shape index (κ3) is 5.46. The highest BCUT2D eigenvalue weighted by atomic mass is 31.1. The van der Waals surface area contributed by atoms with E-state index in [1.165, 1.54) is 7.11 Å². The summed E-state index contributed by atoms with van der Waals surface area (Å²) in [6.07, 6.45) is 2.60. The minimum atomic E-state index is 0.172. The molecule has 0 spiro atoms. The van der Waals surface area contributed by atoms with E-state index >= 15 is 0 Å². The zero-order chi connectivity index (χ0) is 13.2. The highest BCUT2D eigenvalue weighted by Gasteiger charge is 2.00. The van der Waals surface area contributed by atoms with E-state index in [2.05, 4.69) is 20.1 Å². The molecule has 0 amide bonds. The number of aromatic nitrogens is 3. The SMILES string of the molecule is C=CCc1ccc(O)c(OC)c1.n1p[nH][pH][nH][pH]1. The first-order valence-electron chi connectivity index (χ1n) is 5.14. The largest absolute Gasteiger partial charge is 0.504 e. The van der Waals surface area contributed by atoms with Gasteiger partial charge in [-0.25, -0.2) is 0 Å². The van der Waals surface area contributed by atoms with Crippen molar-refractivity contribution < 1.29 is 9.84 Å². The second kappa shape index (κ2) is 8.88. The fourth-order valence-electron chi connectivity index (χ4n) is 1.17. The molecule has 3 N–H and O–H groups in total. The van der Waals surface area contributed by atoms with Crippen LogP contribution < -0.4 is 4.74 Å². The van der Waals surface area contributed by atoms with E-state index < -0.39 is 0 Å². The van der Waals surface area contributed by atoms with Gasteiger partial charge in [0.15, 0.2) is 11.5 Å². The minimum Gasteiger partial charge on any atom is -0.504 e. The smallest absolute Gasteiger partial charge is 0.160 e. The number of benzene rings is 1. The van der Waals surface area contributed by atoms with E-state index in [1.807, 2.05) is 12.1 Å². The third-order valence-corrected chi connectivity index (χ3v) is 4.54. The van der Waals surface area contributed by atoms with Crippen molar-refractivity contribution in [1.82, 2.24) is 13.5 Å². The summed E-state index contributed by atoms with van der Waals surface area (Å²) in [6.45, 7) is 3.63. The van der Waals surface area contributed by atoms with Gasteiger partial charge in [0, 0.05) is 17.0 Å². The van der Waals surface area contributed by atoms with Crippen molar-refractivity contribution in [3.8, 4) is 11.5 Å². The summed E-state index contributed by atoms with van der Waals surface area (Å²) in [4.78, 5) is 0. The first-order chi connectivity index (χ1) is 8.77. The van der Waals surface area contributed by atoms with E-state index in [0.717, 1.165) is 20.5 Å². The van der Waals surface area contributed by atoms with Gasteiger partial charge in [-0.1, -0.05) is 12.1 Å². The van der Waals surface area contributed by atoms with E-state index in [9.17, 15) is 5.11 Å². The second-order valence-corrected chi connectivity index (χ2v) is 6.54. The predicted molar refractivity (Wildman–Crippen MR) is 80.6 cm³/mol. The number of hydrogen-bond acceptors (Lipinski definition) is 3. The Labute approximate surface area is 111 Å². The summed E-state index contributed by atoms with van der Waals surface area (Å²) in [7, 11) is 3.89. The molecule has 2 unspecified atom stereocenters. The van der Waals surface area contributed by atoms with Crippen molar-refractivity contribution in [1.29, 1.82) is 0 Å². The number of methoxy groups -OCH3 is 1. The van der Waals surface area contributed by atoms with Crippen LogP contribution in [0.2, 0.25) is 0 Å². The summed E-state index contributed by atoms with van der Waals surface area (Å²) >= 11 is 0. The molecule has 0 saturated carbocycles. The van der Waals surface area contributed by atoms with Crippen molar-refractivity contribution in [3.63, 3.8) is 0 Å². The Hall–Kier alpha value is -1.14. The molecule has 1 aromatic carbocycles. The molecule has 2 atom stereocenters. The summed E-state index contributed by atoms with van der Waals surface area (Å²) in [5.41, 5.74) is 1.08. The lowest BCUT2D eigenvalue weighted by molar-refractivity contribution is 0.373. The maximum Gasteiger partial charge on any atom is 0.160 e. The highest BCUT2D eigenvalue weighted by molar-refractivity contribution is 7.43. The molecular formula is C10H16N3O2P3. The molecule has 0 radical (unpaired) electrons. The molecule has 0 aliphatic rings. The minimum absolute atomic E-state index is 0.172. The third-order valence-electron chi connectivity index (χ3n) is 1.95. The first-order valence-corrected chi connectivity index (χ1v) is 7.94. The summed E-state index contributed by atoms with van der Waals surface area (Å²) in [6, 6.07) is 5.27. The molecule has 5 nitrogen and oxygen atoms in total. The van der Waals surface area contributed by atoms with Crippen molar-refractivity contribution in [2.45, 2.75) is 6.42 Å². The van der Waals surface area contributed by atoms with Gasteiger partial charge in [0.05, 0.1) is 7.11 Å². The first kappa shape index (κ1) is 14.9. The number of aromatic amines is 2. The van der Waals surface area contributed by atoms with Crippen LogP contribution in [0.3, 0.4) is 0 Å².